The van der Waals surface area contributed by atoms with Crippen LogP contribution in [-0.2, 0) is 9.53 Å². The Kier molecular flexibility index (Phi) is 5.51. The van der Waals surface area contributed by atoms with Crippen molar-refractivity contribution in [3.05, 3.63) is 23.8 Å². The van der Waals surface area contributed by atoms with Gasteiger partial charge in [0.05, 0.1) is 18.7 Å². The van der Waals surface area contributed by atoms with Crippen molar-refractivity contribution in [1.82, 2.24) is 0 Å². The molecule has 0 radical (unpaired) electrons. The molecule has 0 atom stereocenters. The van der Waals surface area contributed by atoms with Gasteiger partial charge in [-0.3, -0.25) is 4.79 Å². The van der Waals surface area contributed by atoms with Gasteiger partial charge in [-0.15, -0.1) is 0 Å². The normalized spacial score (nSPS) is 10.7. The Morgan fingerprint density at radius 1 is 1.50 bits per heavy atom. The third kappa shape index (κ3) is 5.09. The van der Waals surface area contributed by atoms with E-state index in [1.54, 1.807) is 12.1 Å². The van der Waals surface area contributed by atoms with Gasteiger partial charge in [-0.1, -0.05) is 6.07 Å². The first-order chi connectivity index (χ1) is 8.49. The summed E-state index contributed by atoms with van der Waals surface area (Å²) in [6.45, 7) is 1.06. The van der Waals surface area contributed by atoms with Crippen molar-refractivity contribution >= 4 is 11.6 Å². The number of phenols is 1. The van der Waals surface area contributed by atoms with Crippen LogP contribution in [0.4, 0.5) is 14.5 Å². The van der Waals surface area contributed by atoms with Gasteiger partial charge in [0.2, 0.25) is 5.91 Å². The molecular weight excluding hydrogens is 244 g/mol. The first-order valence-corrected chi connectivity index (χ1v) is 5.44. The molecule has 4 nitrogen and oxygen atoms in total. The molecule has 0 aliphatic carbocycles. The van der Waals surface area contributed by atoms with Crippen LogP contribution < -0.4 is 5.32 Å². The molecule has 2 N–H and O–H groups in total. The molecule has 0 fully saturated rings. The Morgan fingerprint density at radius 3 is 2.89 bits per heavy atom. The van der Waals surface area contributed by atoms with E-state index in [2.05, 4.69) is 10.1 Å². The number of aromatic hydroxyl groups is 1. The van der Waals surface area contributed by atoms with E-state index in [9.17, 15) is 18.7 Å². The summed E-state index contributed by atoms with van der Waals surface area (Å²) in [6, 6.07) is 4.79. The zero-order valence-electron chi connectivity index (χ0n) is 9.95. The standard InChI is InChI=1S/C12H15F2NO3/c1-8-2-3-10(16)9(6-8)15-12(17)4-5-18-7-11(13)14/h2-3,6,11,16H,4-5,7H2,1H3,(H,15,17). The third-order valence-electron chi connectivity index (χ3n) is 2.14. The number of anilines is 1. The van der Waals surface area contributed by atoms with Gasteiger partial charge in [0.1, 0.15) is 12.4 Å². The van der Waals surface area contributed by atoms with E-state index in [-0.39, 0.29) is 18.8 Å². The minimum atomic E-state index is -2.53. The van der Waals surface area contributed by atoms with Gasteiger partial charge < -0.3 is 15.2 Å². The van der Waals surface area contributed by atoms with Gasteiger partial charge in [0.25, 0.3) is 6.43 Å². The van der Waals surface area contributed by atoms with Gasteiger partial charge in [0.15, 0.2) is 0 Å². The first kappa shape index (κ1) is 14.4. The molecule has 1 amide bonds. The zero-order valence-corrected chi connectivity index (χ0v) is 9.95. The Balaban J connectivity index is 2.38. The number of alkyl halides is 2. The molecule has 0 saturated heterocycles. The number of amides is 1. The molecule has 1 rings (SSSR count). The number of carbonyl (C=O) groups excluding carboxylic acids is 1. The number of nitrogens with one attached hydrogen (secondary N) is 1. The number of carbonyl (C=O) groups is 1. The predicted molar refractivity (Wildman–Crippen MR) is 62.9 cm³/mol. The molecule has 0 aliphatic rings. The quantitative estimate of drug-likeness (QED) is 0.609. The topological polar surface area (TPSA) is 58.6 Å². The lowest BCUT2D eigenvalue weighted by Gasteiger charge is -2.08. The lowest BCUT2D eigenvalue weighted by Crippen LogP contribution is -2.15. The summed E-state index contributed by atoms with van der Waals surface area (Å²) >= 11 is 0. The number of aryl methyl sites for hydroxylation is 1. The van der Waals surface area contributed by atoms with Crippen LogP contribution in [0.2, 0.25) is 0 Å². The van der Waals surface area contributed by atoms with E-state index in [0.717, 1.165) is 5.56 Å². The van der Waals surface area contributed by atoms with Gasteiger partial charge in [-0.25, -0.2) is 8.78 Å². The fourth-order valence-electron chi connectivity index (χ4n) is 1.30. The summed E-state index contributed by atoms with van der Waals surface area (Å²) in [7, 11) is 0. The van der Waals surface area contributed by atoms with E-state index in [1.807, 2.05) is 6.92 Å². The molecule has 0 unspecified atom stereocenters. The Labute approximate surface area is 104 Å². The smallest absolute Gasteiger partial charge is 0.261 e. The molecule has 0 aliphatic heterocycles. The number of benzene rings is 1. The number of hydrogen-bond donors (Lipinski definition) is 2. The summed E-state index contributed by atoms with van der Waals surface area (Å²) in [5, 5.41) is 12.0. The number of phenolic OH excluding ortho intramolecular Hbond substituents is 1. The van der Waals surface area contributed by atoms with Crippen molar-refractivity contribution in [2.45, 2.75) is 19.8 Å². The van der Waals surface area contributed by atoms with Crippen molar-refractivity contribution in [2.75, 3.05) is 18.5 Å². The van der Waals surface area contributed by atoms with Gasteiger partial charge in [0, 0.05) is 0 Å². The maximum Gasteiger partial charge on any atom is 0.261 e. The summed E-state index contributed by atoms with van der Waals surface area (Å²) in [4.78, 5) is 11.4. The second-order valence-corrected chi connectivity index (χ2v) is 3.78. The van der Waals surface area contributed by atoms with Crippen molar-refractivity contribution in [1.29, 1.82) is 0 Å². The second kappa shape index (κ2) is 6.90. The lowest BCUT2D eigenvalue weighted by molar-refractivity contribution is -0.117. The minimum absolute atomic E-state index is 0.0394. The molecule has 1 aromatic rings. The monoisotopic (exact) mass is 259 g/mol. The fraction of sp³-hybridized carbons (Fsp3) is 0.417. The zero-order chi connectivity index (χ0) is 13.5. The van der Waals surface area contributed by atoms with Crippen LogP contribution in [0.25, 0.3) is 0 Å². The van der Waals surface area contributed by atoms with Crippen LogP contribution in [0.15, 0.2) is 18.2 Å². The second-order valence-electron chi connectivity index (χ2n) is 3.78. The molecule has 100 valence electrons. The number of rotatable bonds is 6. The summed E-state index contributed by atoms with van der Waals surface area (Å²) in [5.41, 5.74) is 1.19. The molecule has 6 heteroatoms. The van der Waals surface area contributed by atoms with Crippen LogP contribution in [0.1, 0.15) is 12.0 Å². The van der Waals surface area contributed by atoms with E-state index in [0.29, 0.717) is 5.69 Å². The van der Waals surface area contributed by atoms with Crippen molar-refractivity contribution in [2.24, 2.45) is 0 Å². The van der Waals surface area contributed by atoms with E-state index < -0.39 is 18.9 Å². The van der Waals surface area contributed by atoms with Crippen LogP contribution in [-0.4, -0.2) is 30.7 Å². The molecule has 0 heterocycles. The summed E-state index contributed by atoms with van der Waals surface area (Å²) in [5.74, 6) is -0.437. The highest BCUT2D eigenvalue weighted by molar-refractivity contribution is 5.92. The van der Waals surface area contributed by atoms with E-state index in [1.165, 1.54) is 6.07 Å². The van der Waals surface area contributed by atoms with Gasteiger partial charge in [-0.05, 0) is 24.6 Å². The minimum Gasteiger partial charge on any atom is -0.506 e. The number of hydrogen-bond acceptors (Lipinski definition) is 3. The molecule has 1 aromatic carbocycles. The predicted octanol–water partition coefficient (Wildman–Crippen LogP) is 2.31. The fourth-order valence-corrected chi connectivity index (χ4v) is 1.30. The molecule has 0 bridgehead atoms. The van der Waals surface area contributed by atoms with Crippen LogP contribution >= 0.6 is 0 Å². The molecule has 0 spiro atoms. The van der Waals surface area contributed by atoms with Crippen LogP contribution in [0, 0.1) is 6.92 Å². The maximum absolute atomic E-state index is 11.7. The van der Waals surface area contributed by atoms with Crippen molar-refractivity contribution in [3.8, 4) is 5.75 Å². The summed E-state index contributed by atoms with van der Waals surface area (Å²) in [6.07, 6.45) is -2.58. The molecular formula is C12H15F2NO3. The molecule has 18 heavy (non-hydrogen) atoms. The lowest BCUT2D eigenvalue weighted by atomic mass is 10.2. The van der Waals surface area contributed by atoms with E-state index in [4.69, 9.17) is 0 Å². The highest BCUT2D eigenvalue weighted by Gasteiger charge is 2.07. The maximum atomic E-state index is 11.7. The summed E-state index contributed by atoms with van der Waals surface area (Å²) < 4.78 is 28.1. The van der Waals surface area contributed by atoms with Crippen LogP contribution in [0.5, 0.6) is 5.75 Å². The van der Waals surface area contributed by atoms with E-state index >= 15 is 0 Å². The average Bonchev–Trinajstić information content (AvgIpc) is 2.29. The highest BCUT2D eigenvalue weighted by Crippen LogP contribution is 2.23. The number of ether oxygens (including phenoxy) is 1. The first-order valence-electron chi connectivity index (χ1n) is 5.44. The Morgan fingerprint density at radius 2 is 2.22 bits per heavy atom. The SMILES string of the molecule is Cc1ccc(O)c(NC(=O)CCOCC(F)F)c1. The van der Waals surface area contributed by atoms with Gasteiger partial charge in [-0.2, -0.15) is 0 Å². The largest absolute Gasteiger partial charge is 0.506 e. The van der Waals surface area contributed by atoms with Gasteiger partial charge >= 0.3 is 0 Å². The van der Waals surface area contributed by atoms with Crippen molar-refractivity contribution < 1.29 is 23.4 Å². The van der Waals surface area contributed by atoms with Crippen LogP contribution in [0.3, 0.4) is 0 Å². The average molecular weight is 259 g/mol. The Bertz CT molecular complexity index is 410. The molecule has 0 saturated carbocycles. The highest BCUT2D eigenvalue weighted by atomic mass is 19.3. The Hall–Kier alpha value is -1.69. The molecule has 0 aromatic heterocycles. The van der Waals surface area contributed by atoms with Crippen molar-refractivity contribution in [3.63, 3.8) is 0 Å². The third-order valence-corrected chi connectivity index (χ3v) is 2.14. The number of halogens is 2.